The van der Waals surface area contributed by atoms with E-state index < -0.39 is 5.60 Å². The van der Waals surface area contributed by atoms with E-state index in [0.717, 1.165) is 25.2 Å². The molecule has 1 aliphatic heterocycles. The van der Waals surface area contributed by atoms with Crippen LogP contribution in [-0.4, -0.2) is 58.0 Å². The molecule has 0 radical (unpaired) electrons. The zero-order valence-corrected chi connectivity index (χ0v) is 16.6. The first-order chi connectivity index (χ1) is 12.9. The summed E-state index contributed by atoms with van der Waals surface area (Å²) in [6, 6.07) is 8.13. The normalized spacial score (nSPS) is 17.0. The number of thioether (sulfide) groups is 1. The molecule has 3 rings (SSSR count). The second-order valence-corrected chi connectivity index (χ2v) is 7.89. The van der Waals surface area contributed by atoms with Crippen molar-refractivity contribution in [3.05, 3.63) is 41.3 Å². The first kappa shape index (κ1) is 19.9. The van der Waals surface area contributed by atoms with Gasteiger partial charge < -0.3 is 19.7 Å². The number of benzene rings is 1. The average molecular weight is 391 g/mol. The number of nitrogens with zero attached hydrogens (tertiary/aromatic N) is 3. The van der Waals surface area contributed by atoms with Gasteiger partial charge in [-0.1, -0.05) is 41.6 Å². The first-order valence-electron chi connectivity index (χ1n) is 9.16. The van der Waals surface area contributed by atoms with E-state index in [2.05, 4.69) is 20.4 Å². The van der Waals surface area contributed by atoms with E-state index in [1.54, 1.807) is 6.92 Å². The van der Waals surface area contributed by atoms with Gasteiger partial charge in [0.25, 0.3) is 5.22 Å². The lowest BCUT2D eigenvalue weighted by molar-refractivity contribution is -0.118. The molecule has 2 N–H and O–H groups in total. The van der Waals surface area contributed by atoms with Crippen LogP contribution < -0.4 is 5.32 Å². The molecule has 1 saturated heterocycles. The van der Waals surface area contributed by atoms with Gasteiger partial charge in [-0.3, -0.25) is 4.79 Å². The highest BCUT2D eigenvalue weighted by molar-refractivity contribution is 7.99. The van der Waals surface area contributed by atoms with Gasteiger partial charge in [0.15, 0.2) is 0 Å². The number of aliphatic hydroxyl groups is 1. The zero-order valence-electron chi connectivity index (χ0n) is 15.8. The summed E-state index contributed by atoms with van der Waals surface area (Å²) >= 11 is 1.23. The van der Waals surface area contributed by atoms with Crippen LogP contribution in [-0.2, 0) is 10.4 Å². The van der Waals surface area contributed by atoms with Crippen LogP contribution >= 0.6 is 11.8 Å². The van der Waals surface area contributed by atoms with Crippen molar-refractivity contribution < 1.29 is 14.3 Å². The number of hydrogen-bond donors (Lipinski definition) is 2. The fourth-order valence-electron chi connectivity index (χ4n) is 3.17. The second-order valence-electron chi connectivity index (χ2n) is 6.96. The summed E-state index contributed by atoms with van der Waals surface area (Å²) in [5, 5.41) is 21.8. The molecule has 0 saturated carbocycles. The summed E-state index contributed by atoms with van der Waals surface area (Å²) in [5.74, 6) is 0.701. The maximum atomic E-state index is 11.9. The third-order valence-corrected chi connectivity index (χ3v) is 5.68. The molecule has 0 spiro atoms. The van der Waals surface area contributed by atoms with Gasteiger partial charge in [-0.25, -0.2) is 0 Å². The summed E-state index contributed by atoms with van der Waals surface area (Å²) in [4.78, 5) is 14.2. The zero-order chi connectivity index (χ0) is 19.3. The summed E-state index contributed by atoms with van der Waals surface area (Å²) in [5.41, 5.74) is 1.45. The third kappa shape index (κ3) is 5.54. The third-order valence-electron chi connectivity index (χ3n) is 4.86. The van der Waals surface area contributed by atoms with Crippen molar-refractivity contribution in [2.75, 3.05) is 31.9 Å². The molecule has 2 heterocycles. The number of aryl methyl sites for hydroxylation is 2. The average Bonchev–Trinajstić information content (AvgIpc) is 3.07. The van der Waals surface area contributed by atoms with Gasteiger partial charge in [-0.15, -0.1) is 10.2 Å². The molecule has 1 aromatic heterocycles. The summed E-state index contributed by atoms with van der Waals surface area (Å²) < 4.78 is 5.22. The Bertz CT molecular complexity index is 755. The van der Waals surface area contributed by atoms with E-state index in [-0.39, 0.29) is 11.7 Å². The van der Waals surface area contributed by atoms with Crippen LogP contribution in [0, 0.1) is 13.8 Å². The van der Waals surface area contributed by atoms with Crippen molar-refractivity contribution in [3.8, 4) is 0 Å². The molecule has 8 heteroatoms. The van der Waals surface area contributed by atoms with Crippen molar-refractivity contribution in [1.29, 1.82) is 0 Å². The van der Waals surface area contributed by atoms with Crippen LogP contribution in [0.25, 0.3) is 0 Å². The van der Waals surface area contributed by atoms with Crippen molar-refractivity contribution in [1.82, 2.24) is 20.4 Å². The lowest BCUT2D eigenvalue weighted by Crippen LogP contribution is -2.45. The molecule has 146 valence electrons. The molecule has 1 amide bonds. The Kier molecular flexibility index (Phi) is 6.51. The van der Waals surface area contributed by atoms with Crippen molar-refractivity contribution in [2.24, 2.45) is 0 Å². The van der Waals surface area contributed by atoms with E-state index in [9.17, 15) is 9.90 Å². The second kappa shape index (κ2) is 8.86. The standard InChI is InChI=1S/C19H26N4O3S/c1-14-3-5-16(6-4-14)19(25)7-10-23(11-8-19)12-9-20-17(24)13-27-18-22-21-15(2)26-18/h3-6,25H,7-13H2,1-2H3,(H,20,24). The number of nitrogens with one attached hydrogen (secondary N) is 1. The van der Waals surface area contributed by atoms with Crippen LogP contribution in [0.4, 0.5) is 0 Å². The van der Waals surface area contributed by atoms with E-state index >= 15 is 0 Å². The largest absolute Gasteiger partial charge is 0.416 e. The molecule has 0 atom stereocenters. The Balaban J connectivity index is 1.35. The number of likely N-dealkylation sites (tertiary alicyclic amines) is 1. The van der Waals surface area contributed by atoms with Crippen LogP contribution in [0.2, 0.25) is 0 Å². The predicted octanol–water partition coefficient (Wildman–Crippen LogP) is 1.88. The van der Waals surface area contributed by atoms with E-state index in [4.69, 9.17) is 4.42 Å². The van der Waals surface area contributed by atoms with E-state index in [1.807, 2.05) is 31.2 Å². The minimum absolute atomic E-state index is 0.0518. The van der Waals surface area contributed by atoms with Gasteiger partial charge in [-0.2, -0.15) is 0 Å². The molecule has 2 aromatic rings. The molecule has 0 aliphatic carbocycles. The summed E-state index contributed by atoms with van der Waals surface area (Å²) in [6.45, 7) is 6.76. The molecule has 1 aromatic carbocycles. The molecule has 0 bridgehead atoms. The van der Waals surface area contributed by atoms with Gasteiger partial charge in [0.2, 0.25) is 11.8 Å². The van der Waals surface area contributed by atoms with Gasteiger partial charge in [0.1, 0.15) is 0 Å². The summed E-state index contributed by atoms with van der Waals surface area (Å²) in [6.07, 6.45) is 1.41. The van der Waals surface area contributed by atoms with Crippen molar-refractivity contribution in [3.63, 3.8) is 0 Å². The molecule has 1 fully saturated rings. The molecular formula is C19H26N4O3S. The Morgan fingerprint density at radius 3 is 2.59 bits per heavy atom. The number of piperidine rings is 1. The Morgan fingerprint density at radius 1 is 1.26 bits per heavy atom. The fourth-order valence-corrected chi connectivity index (χ4v) is 3.80. The molecule has 1 aliphatic rings. The highest BCUT2D eigenvalue weighted by Crippen LogP contribution is 2.32. The summed E-state index contributed by atoms with van der Waals surface area (Å²) in [7, 11) is 0. The Hall–Kier alpha value is -1.90. The van der Waals surface area contributed by atoms with Gasteiger partial charge in [0, 0.05) is 33.1 Å². The number of hydrogen-bond acceptors (Lipinski definition) is 7. The number of aromatic nitrogens is 2. The fraction of sp³-hybridized carbons (Fsp3) is 0.526. The maximum Gasteiger partial charge on any atom is 0.277 e. The lowest BCUT2D eigenvalue weighted by Gasteiger charge is -2.38. The molecule has 27 heavy (non-hydrogen) atoms. The van der Waals surface area contributed by atoms with Crippen LogP contribution in [0.1, 0.15) is 29.9 Å². The minimum Gasteiger partial charge on any atom is -0.416 e. The van der Waals surface area contributed by atoms with E-state index in [0.29, 0.717) is 30.5 Å². The van der Waals surface area contributed by atoms with Gasteiger partial charge in [-0.05, 0) is 25.3 Å². The van der Waals surface area contributed by atoms with Crippen molar-refractivity contribution >= 4 is 17.7 Å². The number of amides is 1. The Morgan fingerprint density at radius 2 is 1.96 bits per heavy atom. The van der Waals surface area contributed by atoms with Crippen LogP contribution in [0.3, 0.4) is 0 Å². The molecular weight excluding hydrogens is 364 g/mol. The van der Waals surface area contributed by atoms with Gasteiger partial charge >= 0.3 is 0 Å². The molecule has 7 nitrogen and oxygen atoms in total. The first-order valence-corrected chi connectivity index (χ1v) is 10.1. The molecule has 0 unspecified atom stereocenters. The highest BCUT2D eigenvalue weighted by atomic mass is 32.2. The number of carbonyl (C=O) groups is 1. The predicted molar refractivity (Wildman–Crippen MR) is 104 cm³/mol. The van der Waals surface area contributed by atoms with Crippen LogP contribution in [0.5, 0.6) is 0 Å². The highest BCUT2D eigenvalue weighted by Gasteiger charge is 2.33. The van der Waals surface area contributed by atoms with Crippen LogP contribution in [0.15, 0.2) is 33.9 Å². The van der Waals surface area contributed by atoms with E-state index in [1.165, 1.54) is 17.3 Å². The Labute approximate surface area is 163 Å². The minimum atomic E-state index is -0.744. The number of carbonyl (C=O) groups excluding carboxylic acids is 1. The monoisotopic (exact) mass is 390 g/mol. The van der Waals surface area contributed by atoms with Gasteiger partial charge in [0.05, 0.1) is 11.4 Å². The lowest BCUT2D eigenvalue weighted by atomic mass is 9.84. The topological polar surface area (TPSA) is 91.5 Å². The maximum absolute atomic E-state index is 11.9. The van der Waals surface area contributed by atoms with Crippen molar-refractivity contribution in [2.45, 2.75) is 37.5 Å². The quantitative estimate of drug-likeness (QED) is 0.698. The SMILES string of the molecule is Cc1ccc(C2(O)CCN(CCNC(=O)CSc3nnc(C)o3)CC2)cc1. The number of rotatable bonds is 7. The smallest absolute Gasteiger partial charge is 0.277 e.